The second-order valence-electron chi connectivity index (χ2n) is 3.50. The van der Waals surface area contributed by atoms with Gasteiger partial charge in [-0.3, -0.25) is 9.36 Å². The molecule has 0 fully saturated rings. The fourth-order valence-electron chi connectivity index (χ4n) is 1.12. The standard InChI is InChI=1S/C8H17N4O4P/c9-12-11-5-3-1-2-4-8(13)10-6-7-17(14,15)16/h1-7H2,(H,10,13)(H2,14,15,16). The van der Waals surface area contributed by atoms with Crippen LogP contribution in [0.25, 0.3) is 10.4 Å². The lowest BCUT2D eigenvalue weighted by Gasteiger charge is -2.05. The summed E-state index contributed by atoms with van der Waals surface area (Å²) in [7, 11) is -4.03. The van der Waals surface area contributed by atoms with Crippen LogP contribution < -0.4 is 5.32 Å². The van der Waals surface area contributed by atoms with Crippen LogP contribution in [0.2, 0.25) is 0 Å². The average Bonchev–Trinajstić information content (AvgIpc) is 2.21. The van der Waals surface area contributed by atoms with Crippen molar-refractivity contribution in [2.75, 3.05) is 19.3 Å². The van der Waals surface area contributed by atoms with Gasteiger partial charge < -0.3 is 15.1 Å². The van der Waals surface area contributed by atoms with E-state index in [2.05, 4.69) is 15.3 Å². The minimum absolute atomic E-state index is 0.0121. The van der Waals surface area contributed by atoms with E-state index in [-0.39, 0.29) is 18.6 Å². The third-order valence-electron chi connectivity index (χ3n) is 1.95. The number of hydrogen-bond acceptors (Lipinski definition) is 3. The molecule has 0 saturated heterocycles. The molecule has 0 aliphatic rings. The zero-order valence-corrected chi connectivity index (χ0v) is 10.3. The summed E-state index contributed by atoms with van der Waals surface area (Å²) < 4.78 is 10.5. The zero-order valence-electron chi connectivity index (χ0n) is 9.45. The molecule has 0 aliphatic heterocycles. The van der Waals surface area contributed by atoms with Gasteiger partial charge in [0.1, 0.15) is 0 Å². The molecule has 0 radical (unpaired) electrons. The predicted molar refractivity (Wildman–Crippen MR) is 62.4 cm³/mol. The van der Waals surface area contributed by atoms with Crippen LogP contribution in [0.1, 0.15) is 25.7 Å². The van der Waals surface area contributed by atoms with E-state index in [1.807, 2.05) is 0 Å². The minimum Gasteiger partial charge on any atom is -0.355 e. The number of nitrogens with zero attached hydrogens (tertiary/aromatic N) is 3. The van der Waals surface area contributed by atoms with Crippen LogP contribution in [-0.2, 0) is 9.36 Å². The summed E-state index contributed by atoms with van der Waals surface area (Å²) >= 11 is 0. The molecule has 0 unspecified atom stereocenters. The highest BCUT2D eigenvalue weighted by molar-refractivity contribution is 7.51. The Labute approximate surface area is 99.2 Å². The maximum Gasteiger partial charge on any atom is 0.327 e. The Morgan fingerprint density at radius 2 is 2.06 bits per heavy atom. The first-order valence-electron chi connectivity index (χ1n) is 5.28. The van der Waals surface area contributed by atoms with E-state index in [0.29, 0.717) is 19.4 Å². The molecule has 0 rings (SSSR count). The van der Waals surface area contributed by atoms with Crippen molar-refractivity contribution < 1.29 is 19.1 Å². The predicted octanol–water partition coefficient (Wildman–Crippen LogP) is 1.15. The second kappa shape index (κ2) is 9.01. The second-order valence-corrected chi connectivity index (χ2v) is 5.28. The zero-order chi connectivity index (χ0) is 13.1. The van der Waals surface area contributed by atoms with Gasteiger partial charge in [0, 0.05) is 24.4 Å². The first kappa shape index (κ1) is 15.9. The Kier molecular flexibility index (Phi) is 8.44. The van der Waals surface area contributed by atoms with Crippen LogP contribution in [0.3, 0.4) is 0 Å². The Hall–Kier alpha value is -1.07. The summed E-state index contributed by atoms with van der Waals surface area (Å²) in [6.45, 7) is 0.415. The van der Waals surface area contributed by atoms with E-state index < -0.39 is 7.60 Å². The van der Waals surface area contributed by atoms with Gasteiger partial charge in [-0.1, -0.05) is 11.5 Å². The van der Waals surface area contributed by atoms with Crippen LogP contribution in [0.15, 0.2) is 5.11 Å². The number of hydrogen-bond donors (Lipinski definition) is 3. The number of carbonyl (C=O) groups is 1. The van der Waals surface area contributed by atoms with Crippen molar-refractivity contribution in [1.29, 1.82) is 0 Å². The van der Waals surface area contributed by atoms with E-state index in [4.69, 9.17) is 15.3 Å². The van der Waals surface area contributed by atoms with Gasteiger partial charge in [0.05, 0.1) is 6.16 Å². The molecule has 0 spiro atoms. The summed E-state index contributed by atoms with van der Waals surface area (Å²) in [6, 6.07) is 0. The molecule has 0 aromatic rings. The summed E-state index contributed by atoms with van der Waals surface area (Å²) in [5, 5.41) is 5.79. The molecule has 1 amide bonds. The van der Waals surface area contributed by atoms with Gasteiger partial charge in [0.15, 0.2) is 0 Å². The van der Waals surface area contributed by atoms with Gasteiger partial charge in [0.25, 0.3) is 0 Å². The van der Waals surface area contributed by atoms with Crippen molar-refractivity contribution in [3.8, 4) is 0 Å². The fourth-order valence-corrected chi connectivity index (χ4v) is 1.52. The monoisotopic (exact) mass is 264 g/mol. The molecule has 0 aromatic heterocycles. The van der Waals surface area contributed by atoms with Crippen LogP contribution in [-0.4, -0.2) is 34.9 Å². The fraction of sp³-hybridized carbons (Fsp3) is 0.875. The molecular formula is C8H17N4O4P. The molecule has 0 atom stereocenters. The summed E-state index contributed by atoms with van der Waals surface area (Å²) in [4.78, 5) is 30.9. The lowest BCUT2D eigenvalue weighted by atomic mass is 10.2. The van der Waals surface area contributed by atoms with Gasteiger partial charge in [0.2, 0.25) is 5.91 Å². The maximum atomic E-state index is 11.2. The number of azide groups is 1. The highest BCUT2D eigenvalue weighted by Gasteiger charge is 2.12. The molecule has 9 heteroatoms. The number of amides is 1. The summed E-state index contributed by atoms with van der Waals surface area (Å²) in [5.74, 6) is -0.220. The Morgan fingerprint density at radius 3 is 2.65 bits per heavy atom. The quantitative estimate of drug-likeness (QED) is 0.189. The molecule has 0 aromatic carbocycles. The lowest BCUT2D eigenvalue weighted by Crippen LogP contribution is -2.26. The maximum absolute atomic E-state index is 11.2. The van der Waals surface area contributed by atoms with Gasteiger partial charge in [-0.2, -0.15) is 0 Å². The van der Waals surface area contributed by atoms with E-state index in [1.165, 1.54) is 0 Å². The van der Waals surface area contributed by atoms with Crippen LogP contribution in [0.4, 0.5) is 0 Å². The molecule has 0 saturated carbocycles. The SMILES string of the molecule is [N-]=[N+]=NCCCCCC(=O)NCCP(=O)(O)O. The average molecular weight is 264 g/mol. The highest BCUT2D eigenvalue weighted by Crippen LogP contribution is 2.32. The van der Waals surface area contributed by atoms with Crippen molar-refractivity contribution in [2.45, 2.75) is 25.7 Å². The van der Waals surface area contributed by atoms with E-state index in [9.17, 15) is 9.36 Å². The van der Waals surface area contributed by atoms with Gasteiger partial charge in [-0.05, 0) is 18.4 Å². The van der Waals surface area contributed by atoms with Crippen molar-refractivity contribution in [3.63, 3.8) is 0 Å². The minimum atomic E-state index is -4.03. The smallest absolute Gasteiger partial charge is 0.327 e. The summed E-state index contributed by atoms with van der Waals surface area (Å²) in [5.41, 5.74) is 8.00. The number of rotatable bonds is 9. The van der Waals surface area contributed by atoms with Crippen LogP contribution >= 0.6 is 7.60 Å². The van der Waals surface area contributed by atoms with Gasteiger partial charge >= 0.3 is 7.60 Å². The lowest BCUT2D eigenvalue weighted by molar-refractivity contribution is -0.121. The van der Waals surface area contributed by atoms with E-state index >= 15 is 0 Å². The number of carbonyl (C=O) groups excluding carboxylic acids is 1. The normalized spacial score (nSPS) is 10.7. The van der Waals surface area contributed by atoms with Crippen molar-refractivity contribution in [3.05, 3.63) is 10.4 Å². The molecule has 98 valence electrons. The summed E-state index contributed by atoms with van der Waals surface area (Å²) in [6.07, 6.45) is 2.17. The Morgan fingerprint density at radius 1 is 1.35 bits per heavy atom. The molecule has 0 aliphatic carbocycles. The molecule has 0 heterocycles. The third-order valence-corrected chi connectivity index (χ3v) is 2.76. The highest BCUT2D eigenvalue weighted by atomic mass is 31.2. The van der Waals surface area contributed by atoms with E-state index in [0.717, 1.165) is 12.8 Å². The topological polar surface area (TPSA) is 135 Å². The first-order chi connectivity index (χ1) is 7.95. The van der Waals surface area contributed by atoms with Crippen LogP contribution in [0, 0.1) is 0 Å². The molecular weight excluding hydrogens is 247 g/mol. The van der Waals surface area contributed by atoms with Gasteiger partial charge in [-0.15, -0.1) is 0 Å². The number of nitrogens with one attached hydrogen (secondary N) is 1. The Balaban J connectivity index is 3.41. The molecule has 8 nitrogen and oxygen atoms in total. The molecule has 17 heavy (non-hydrogen) atoms. The third kappa shape index (κ3) is 12.9. The first-order valence-corrected chi connectivity index (χ1v) is 7.07. The number of unbranched alkanes of at least 4 members (excludes halogenated alkanes) is 2. The molecule has 0 bridgehead atoms. The van der Waals surface area contributed by atoms with Crippen molar-refractivity contribution in [1.82, 2.24) is 5.32 Å². The van der Waals surface area contributed by atoms with Crippen molar-refractivity contribution in [2.24, 2.45) is 5.11 Å². The Bertz CT molecular complexity index is 323. The van der Waals surface area contributed by atoms with E-state index in [1.54, 1.807) is 0 Å². The van der Waals surface area contributed by atoms with Crippen LogP contribution in [0.5, 0.6) is 0 Å². The van der Waals surface area contributed by atoms with Gasteiger partial charge in [-0.25, -0.2) is 0 Å². The molecule has 3 N–H and O–H groups in total. The largest absolute Gasteiger partial charge is 0.355 e. The van der Waals surface area contributed by atoms with Crippen molar-refractivity contribution >= 4 is 13.5 Å².